The molecule has 2 radical (unpaired) electrons. The van der Waals surface area contributed by atoms with Crippen molar-refractivity contribution in [3.63, 3.8) is 0 Å². The molecule has 0 saturated heterocycles. The van der Waals surface area contributed by atoms with E-state index >= 15 is 0 Å². The quantitative estimate of drug-likeness (QED) is 0.807. The highest BCUT2D eigenvalue weighted by molar-refractivity contribution is 6.42. The second-order valence-electron chi connectivity index (χ2n) is 6.08. The summed E-state index contributed by atoms with van der Waals surface area (Å²) in [6.07, 6.45) is 0. The van der Waals surface area contributed by atoms with Gasteiger partial charge in [0.15, 0.2) is 0 Å². The van der Waals surface area contributed by atoms with Gasteiger partial charge in [-0.3, -0.25) is 0 Å². The second-order valence-corrected chi connectivity index (χ2v) is 8.80. The molecule has 0 aliphatic rings. The minimum Gasteiger partial charge on any atom is -0.478 e. The van der Waals surface area contributed by atoms with Gasteiger partial charge in [0.05, 0.1) is 21.2 Å². The van der Waals surface area contributed by atoms with Crippen LogP contribution in [0.1, 0.15) is 50.5 Å². The third-order valence-corrected chi connectivity index (χ3v) is 4.50. The molecule has 110 valence electrons. The second kappa shape index (κ2) is 6.06. The number of carboxylic acid groups (broad SMARTS) is 1. The highest BCUT2D eigenvalue weighted by Gasteiger charge is 2.30. The number of benzene rings is 1. The highest BCUT2D eigenvalue weighted by Crippen LogP contribution is 2.35. The number of carboxylic acids is 1. The molecule has 3 nitrogen and oxygen atoms in total. The number of carbonyl (C=O) groups is 1. The largest absolute Gasteiger partial charge is 0.478 e. The highest BCUT2D eigenvalue weighted by atomic mass is 35.5. The molecule has 0 heterocycles. The molecule has 20 heavy (non-hydrogen) atoms. The monoisotopic (exact) mass is 332 g/mol. The summed E-state index contributed by atoms with van der Waals surface area (Å²) >= 11 is 11.9. The van der Waals surface area contributed by atoms with Gasteiger partial charge in [-0.25, -0.2) is 4.79 Å². The summed E-state index contributed by atoms with van der Waals surface area (Å²) in [6, 6.07) is 2.94. The molecular weight excluding hydrogens is 315 g/mol. The molecule has 0 aliphatic carbocycles. The van der Waals surface area contributed by atoms with Crippen molar-refractivity contribution in [1.29, 1.82) is 0 Å². The first-order valence-corrected chi connectivity index (χ1v) is 7.78. The van der Waals surface area contributed by atoms with E-state index in [9.17, 15) is 9.90 Å². The van der Waals surface area contributed by atoms with Crippen LogP contribution in [0.15, 0.2) is 12.1 Å². The van der Waals surface area contributed by atoms with Crippen LogP contribution in [0.4, 0.5) is 0 Å². The lowest BCUT2D eigenvalue weighted by atomic mass is 9.93. The maximum absolute atomic E-state index is 11.4. The Kier molecular flexibility index (Phi) is 5.30. The Morgan fingerprint density at radius 2 is 1.65 bits per heavy atom. The first-order valence-electron chi connectivity index (χ1n) is 6.12. The molecule has 1 N–H and O–H groups in total. The number of aromatic carboxylic acids is 1. The van der Waals surface area contributed by atoms with Gasteiger partial charge in [0.1, 0.15) is 0 Å². The van der Waals surface area contributed by atoms with E-state index in [0.29, 0.717) is 10.6 Å². The number of halogens is 2. The van der Waals surface area contributed by atoms with Gasteiger partial charge in [0, 0.05) is 0 Å². The maximum Gasteiger partial charge on any atom is 0.336 e. The number of rotatable bonds is 4. The minimum absolute atomic E-state index is 0.0108. The molecule has 0 unspecified atom stereocenters. The number of hydrogen-bond acceptors (Lipinski definition) is 2. The van der Waals surface area contributed by atoms with Crippen LogP contribution < -0.4 is 0 Å². The van der Waals surface area contributed by atoms with Crippen molar-refractivity contribution in [1.82, 2.24) is 0 Å². The average molecular weight is 333 g/mol. The van der Waals surface area contributed by atoms with Crippen LogP contribution in [-0.2, 0) is 10.0 Å². The lowest BCUT2D eigenvalue weighted by Crippen LogP contribution is -2.29. The molecule has 0 amide bonds. The molecule has 0 spiro atoms. The Bertz CT molecular complexity index is 522. The Hall–Kier alpha value is -0.553. The van der Waals surface area contributed by atoms with Crippen LogP contribution in [0.25, 0.3) is 0 Å². The third-order valence-electron chi connectivity index (χ3n) is 2.55. The lowest BCUT2D eigenvalue weighted by Gasteiger charge is -2.31. The van der Waals surface area contributed by atoms with Crippen LogP contribution in [0.3, 0.4) is 0 Å². The Morgan fingerprint density at radius 3 is 2.10 bits per heavy atom. The summed E-state index contributed by atoms with van der Waals surface area (Å²) < 4.78 is 5.93. The lowest BCUT2D eigenvalue weighted by molar-refractivity contribution is 0.0673. The Labute approximate surface area is 132 Å². The zero-order valence-corrected chi connectivity index (χ0v) is 14.7. The van der Waals surface area contributed by atoms with Gasteiger partial charge in [-0.15, -0.1) is 0 Å². The standard InChI is InChI=1S/C14H18Cl2O3Si/c1-13(2,3)20-19-14(4,5)9-7-11(16)10(15)6-8(9)12(17)18/h6-7H,1-5H3,(H,17,18). The summed E-state index contributed by atoms with van der Waals surface area (Å²) in [5.74, 6) is -1.05. The molecule has 0 atom stereocenters. The van der Waals surface area contributed by atoms with Gasteiger partial charge in [0.25, 0.3) is 0 Å². The molecule has 0 saturated carbocycles. The normalized spacial score (nSPS) is 12.6. The summed E-state index contributed by atoms with van der Waals surface area (Å²) in [6.45, 7) is 9.85. The van der Waals surface area contributed by atoms with Crippen molar-refractivity contribution < 1.29 is 14.3 Å². The van der Waals surface area contributed by atoms with Crippen molar-refractivity contribution in [2.75, 3.05) is 0 Å². The molecule has 0 aliphatic heterocycles. The maximum atomic E-state index is 11.4. The molecule has 1 rings (SSSR count). The average Bonchev–Trinajstić information content (AvgIpc) is 2.28. The predicted molar refractivity (Wildman–Crippen MR) is 83.0 cm³/mol. The van der Waals surface area contributed by atoms with E-state index in [0.717, 1.165) is 0 Å². The zero-order valence-electron chi connectivity index (χ0n) is 12.2. The van der Waals surface area contributed by atoms with Gasteiger partial charge in [0.2, 0.25) is 9.76 Å². The van der Waals surface area contributed by atoms with E-state index in [2.05, 4.69) is 20.8 Å². The molecular formula is C14H18Cl2O3Si. The minimum atomic E-state index is -1.05. The summed E-state index contributed by atoms with van der Waals surface area (Å²) in [4.78, 5) is 11.4. The topological polar surface area (TPSA) is 46.5 Å². The van der Waals surface area contributed by atoms with E-state index in [1.54, 1.807) is 6.07 Å². The summed E-state index contributed by atoms with van der Waals surface area (Å²) in [7, 11) is 0.233. The van der Waals surface area contributed by atoms with Gasteiger partial charge in [-0.2, -0.15) is 0 Å². The molecule has 6 heteroatoms. The van der Waals surface area contributed by atoms with E-state index in [-0.39, 0.29) is 25.4 Å². The van der Waals surface area contributed by atoms with Crippen LogP contribution in [0, 0.1) is 0 Å². The van der Waals surface area contributed by atoms with Gasteiger partial charge in [-0.05, 0) is 36.6 Å². The molecule has 0 fully saturated rings. The molecule has 0 bridgehead atoms. The van der Waals surface area contributed by atoms with Gasteiger partial charge >= 0.3 is 5.97 Å². The van der Waals surface area contributed by atoms with Gasteiger partial charge < -0.3 is 9.53 Å². The van der Waals surface area contributed by atoms with E-state index in [1.807, 2.05) is 13.8 Å². The fourth-order valence-electron chi connectivity index (χ4n) is 1.56. The van der Waals surface area contributed by atoms with Crippen molar-refractivity contribution in [3.05, 3.63) is 33.3 Å². The summed E-state index contributed by atoms with van der Waals surface area (Å²) in [5.41, 5.74) is -0.118. The van der Waals surface area contributed by atoms with Crippen LogP contribution in [-0.4, -0.2) is 20.8 Å². The third kappa shape index (κ3) is 4.48. The molecule has 1 aromatic carbocycles. The first-order chi connectivity index (χ1) is 8.94. The van der Waals surface area contributed by atoms with Crippen molar-refractivity contribution in [3.8, 4) is 0 Å². The van der Waals surface area contributed by atoms with Gasteiger partial charge in [-0.1, -0.05) is 44.0 Å². The summed E-state index contributed by atoms with van der Waals surface area (Å²) in [5, 5.41) is 9.87. The molecule has 1 aromatic rings. The van der Waals surface area contributed by atoms with Crippen LogP contribution in [0.2, 0.25) is 15.1 Å². The van der Waals surface area contributed by atoms with Crippen molar-refractivity contribution in [2.24, 2.45) is 0 Å². The molecule has 0 aromatic heterocycles. The SMILES string of the molecule is CC(C)(C)[Si]OC(C)(C)c1cc(Cl)c(Cl)cc1C(=O)O. The van der Waals surface area contributed by atoms with E-state index < -0.39 is 11.6 Å². The van der Waals surface area contributed by atoms with Crippen molar-refractivity contribution in [2.45, 2.75) is 45.3 Å². The fourth-order valence-corrected chi connectivity index (χ4v) is 2.56. The van der Waals surface area contributed by atoms with Crippen LogP contribution >= 0.6 is 23.2 Å². The Balaban J connectivity index is 3.22. The Morgan fingerprint density at radius 1 is 1.15 bits per heavy atom. The first kappa shape index (κ1) is 17.5. The number of hydrogen-bond donors (Lipinski definition) is 1. The van der Waals surface area contributed by atoms with Crippen molar-refractivity contribution >= 4 is 38.9 Å². The fraction of sp³-hybridized carbons (Fsp3) is 0.500. The smallest absolute Gasteiger partial charge is 0.336 e. The van der Waals surface area contributed by atoms with Crippen LogP contribution in [0.5, 0.6) is 0 Å². The van der Waals surface area contributed by atoms with E-state index in [1.165, 1.54) is 6.07 Å². The zero-order chi connectivity index (χ0) is 15.7. The predicted octanol–water partition coefficient (Wildman–Crippen LogP) is 4.78. The van der Waals surface area contributed by atoms with E-state index in [4.69, 9.17) is 27.6 Å².